The second-order valence-corrected chi connectivity index (χ2v) is 9.80. The van der Waals surface area contributed by atoms with E-state index in [2.05, 4.69) is 5.10 Å². The number of piperidine rings is 1. The Morgan fingerprint density at radius 2 is 1.79 bits per heavy atom. The number of hydrogen-bond acceptors (Lipinski definition) is 4. The molecule has 8 heteroatoms. The minimum atomic E-state index is -1.45. The lowest BCUT2D eigenvalue weighted by atomic mass is 9.99. The van der Waals surface area contributed by atoms with Crippen LogP contribution in [0.5, 0.6) is 0 Å². The fourth-order valence-electron chi connectivity index (χ4n) is 5.72. The van der Waals surface area contributed by atoms with Crippen LogP contribution >= 0.6 is 0 Å². The first-order chi connectivity index (χ1) is 16.4. The number of rotatable bonds is 7. The van der Waals surface area contributed by atoms with Gasteiger partial charge in [-0.05, 0) is 36.8 Å². The van der Waals surface area contributed by atoms with Gasteiger partial charge >= 0.3 is 0 Å². The number of alkyl halides is 1. The smallest absolute Gasteiger partial charge is 0.269 e. The van der Waals surface area contributed by atoms with Crippen LogP contribution < -0.4 is 5.73 Å². The molecule has 34 heavy (non-hydrogen) atoms. The Morgan fingerprint density at radius 3 is 2.56 bits per heavy atom. The van der Waals surface area contributed by atoms with Gasteiger partial charge in [0.1, 0.15) is 12.2 Å². The molecular formula is C26H25FN4O3. The molecule has 174 valence electrons. The molecule has 2 aliphatic carbocycles. The summed E-state index contributed by atoms with van der Waals surface area (Å²) in [5.41, 5.74) is 5.39. The molecule has 0 spiro atoms. The van der Waals surface area contributed by atoms with Gasteiger partial charge in [-0.25, -0.2) is 4.39 Å². The number of ketones is 1. The normalized spacial score (nSPS) is 29.1. The zero-order valence-electron chi connectivity index (χ0n) is 18.6. The van der Waals surface area contributed by atoms with Gasteiger partial charge in [0.25, 0.3) is 5.91 Å². The number of likely N-dealkylation sites (tertiary alicyclic amines) is 1. The number of aromatic nitrogens is 2. The minimum Gasteiger partial charge on any atom is -0.364 e. The Hall–Kier alpha value is -3.55. The molecule has 2 N–H and O–H groups in total. The molecule has 0 radical (unpaired) electrons. The average Bonchev–Trinajstić information content (AvgIpc) is 3.65. The van der Waals surface area contributed by atoms with Gasteiger partial charge in [-0.1, -0.05) is 48.5 Å². The number of Topliss-reactive ketones (excluding diaryl/α,β-unsaturated/α-hetero) is 1. The van der Waals surface area contributed by atoms with Gasteiger partial charge in [0, 0.05) is 23.8 Å². The van der Waals surface area contributed by atoms with E-state index in [-0.39, 0.29) is 42.3 Å². The van der Waals surface area contributed by atoms with Crippen LogP contribution in [0.2, 0.25) is 0 Å². The number of halogens is 1. The van der Waals surface area contributed by atoms with Gasteiger partial charge in [-0.3, -0.25) is 19.1 Å². The summed E-state index contributed by atoms with van der Waals surface area (Å²) >= 11 is 0. The van der Waals surface area contributed by atoms with Crippen LogP contribution in [0, 0.1) is 11.8 Å². The van der Waals surface area contributed by atoms with E-state index in [1.54, 1.807) is 53.4 Å². The molecule has 2 amide bonds. The molecule has 5 atom stereocenters. The van der Waals surface area contributed by atoms with Gasteiger partial charge < -0.3 is 10.6 Å². The predicted octanol–water partition coefficient (Wildman–Crippen LogP) is 2.97. The van der Waals surface area contributed by atoms with Crippen molar-refractivity contribution in [2.24, 2.45) is 17.6 Å². The summed E-state index contributed by atoms with van der Waals surface area (Å²) in [5, 5.41) is 4.87. The molecule has 1 aliphatic heterocycles. The standard InChI is InChI=1S/C26H25FN4O3/c27-26(16-6-2-1-3-7-16)13-17(26)12-22(32)21-11-15-10-20(15)31(21)23(33)14-30-19-9-5-4-8-18(19)24(29-30)25(28)34/h1-9,15,17,20-21H,10-14H2,(H2,28,34)/t15-,17-,20-,21+,26-/m1/s1. The van der Waals surface area contributed by atoms with Crippen LogP contribution in [-0.2, 0) is 21.8 Å². The quantitative estimate of drug-likeness (QED) is 0.586. The van der Waals surface area contributed by atoms with Crippen LogP contribution in [0.25, 0.3) is 10.9 Å². The molecule has 3 aromatic rings. The van der Waals surface area contributed by atoms with E-state index in [9.17, 15) is 14.4 Å². The van der Waals surface area contributed by atoms with Gasteiger partial charge in [0.05, 0.1) is 11.6 Å². The van der Waals surface area contributed by atoms with Crippen molar-refractivity contribution in [3.63, 3.8) is 0 Å². The first-order valence-electron chi connectivity index (χ1n) is 11.7. The second-order valence-electron chi connectivity index (χ2n) is 9.80. The highest BCUT2D eigenvalue weighted by atomic mass is 19.1. The van der Waals surface area contributed by atoms with Gasteiger partial charge in [-0.15, -0.1) is 0 Å². The predicted molar refractivity (Wildman–Crippen MR) is 122 cm³/mol. The third-order valence-corrected chi connectivity index (χ3v) is 7.67. The van der Waals surface area contributed by atoms with Gasteiger partial charge in [0.2, 0.25) is 5.91 Å². The number of benzene rings is 2. The Morgan fingerprint density at radius 1 is 1.06 bits per heavy atom. The lowest BCUT2D eigenvalue weighted by Gasteiger charge is -2.27. The summed E-state index contributed by atoms with van der Waals surface area (Å²) in [6.45, 7) is -0.0821. The van der Waals surface area contributed by atoms with E-state index in [1.807, 2.05) is 6.07 Å². The molecule has 1 aromatic heterocycles. The third kappa shape index (κ3) is 3.31. The highest BCUT2D eigenvalue weighted by Gasteiger charge is 2.60. The fraction of sp³-hybridized carbons (Fsp3) is 0.385. The zero-order chi connectivity index (χ0) is 23.6. The number of carbonyl (C=O) groups excluding carboxylic acids is 3. The van der Waals surface area contributed by atoms with E-state index in [0.29, 0.717) is 35.2 Å². The van der Waals surface area contributed by atoms with Crippen molar-refractivity contribution >= 4 is 28.5 Å². The Bertz CT molecular complexity index is 1320. The van der Waals surface area contributed by atoms with Crippen LogP contribution in [0.3, 0.4) is 0 Å². The summed E-state index contributed by atoms with van der Waals surface area (Å²) in [6.07, 6.45) is 2.00. The number of primary amides is 1. The van der Waals surface area contributed by atoms with Crippen molar-refractivity contribution in [2.75, 3.05) is 0 Å². The topological polar surface area (TPSA) is 98.3 Å². The zero-order valence-corrected chi connectivity index (χ0v) is 18.6. The highest BCUT2D eigenvalue weighted by Crippen LogP contribution is 2.58. The summed E-state index contributed by atoms with van der Waals surface area (Å²) in [7, 11) is 0. The number of nitrogens with two attached hydrogens (primary N) is 1. The number of amides is 2. The van der Waals surface area contributed by atoms with E-state index in [4.69, 9.17) is 5.73 Å². The summed E-state index contributed by atoms with van der Waals surface area (Å²) in [5.74, 6) is -0.944. The monoisotopic (exact) mass is 460 g/mol. The Labute approximate surface area is 195 Å². The molecule has 2 heterocycles. The maximum Gasteiger partial charge on any atom is 0.269 e. The first-order valence-corrected chi connectivity index (χ1v) is 11.7. The maximum atomic E-state index is 15.3. The average molecular weight is 461 g/mol. The van der Waals surface area contributed by atoms with E-state index >= 15 is 4.39 Å². The van der Waals surface area contributed by atoms with Crippen LogP contribution in [0.1, 0.15) is 41.7 Å². The van der Waals surface area contributed by atoms with Crippen molar-refractivity contribution in [3.05, 3.63) is 65.9 Å². The minimum absolute atomic E-state index is 0.0577. The highest BCUT2D eigenvalue weighted by molar-refractivity contribution is 6.04. The van der Waals surface area contributed by atoms with Gasteiger partial charge in [0.15, 0.2) is 11.5 Å². The van der Waals surface area contributed by atoms with E-state index in [1.165, 1.54) is 4.68 Å². The number of carbonyl (C=O) groups is 3. The number of fused-ring (bicyclic) bond motifs is 2. The van der Waals surface area contributed by atoms with Crippen molar-refractivity contribution in [3.8, 4) is 0 Å². The molecule has 2 saturated carbocycles. The molecule has 3 fully saturated rings. The van der Waals surface area contributed by atoms with Crippen LogP contribution in [-0.4, -0.2) is 44.4 Å². The van der Waals surface area contributed by atoms with Crippen molar-refractivity contribution in [2.45, 2.75) is 50.0 Å². The fourth-order valence-corrected chi connectivity index (χ4v) is 5.72. The van der Waals surface area contributed by atoms with E-state index < -0.39 is 17.6 Å². The molecule has 0 unspecified atom stereocenters. The Kier molecular flexibility index (Phi) is 4.62. The second kappa shape index (κ2) is 7.48. The molecule has 1 saturated heterocycles. The first kappa shape index (κ1) is 21.0. The lowest BCUT2D eigenvalue weighted by molar-refractivity contribution is -0.139. The summed E-state index contributed by atoms with van der Waals surface area (Å²) in [6, 6.07) is 15.6. The number of para-hydroxylation sites is 1. The molecule has 3 aliphatic rings. The molecule has 7 nitrogen and oxygen atoms in total. The number of hydrogen-bond donors (Lipinski definition) is 1. The molecule has 6 rings (SSSR count). The van der Waals surface area contributed by atoms with Crippen LogP contribution in [0.15, 0.2) is 54.6 Å². The largest absolute Gasteiger partial charge is 0.364 e. The van der Waals surface area contributed by atoms with Crippen molar-refractivity contribution in [1.29, 1.82) is 0 Å². The van der Waals surface area contributed by atoms with E-state index in [0.717, 1.165) is 6.42 Å². The number of nitrogens with zero attached hydrogens (tertiary/aromatic N) is 3. The van der Waals surface area contributed by atoms with Gasteiger partial charge in [-0.2, -0.15) is 5.10 Å². The summed E-state index contributed by atoms with van der Waals surface area (Å²) in [4.78, 5) is 40.1. The third-order valence-electron chi connectivity index (χ3n) is 7.67. The maximum absolute atomic E-state index is 15.3. The summed E-state index contributed by atoms with van der Waals surface area (Å²) < 4.78 is 16.8. The molecule has 0 bridgehead atoms. The van der Waals surface area contributed by atoms with Crippen LogP contribution in [0.4, 0.5) is 4.39 Å². The lowest BCUT2D eigenvalue weighted by Crippen LogP contribution is -2.45. The SMILES string of the molecule is NC(=O)c1nn(CC(=O)N2[C@@H]3C[C@@H]3C[C@H]2C(=O)C[C@@H]2C[C@@]2(F)c2ccccc2)c2ccccc12. The molecular weight excluding hydrogens is 435 g/mol. The molecule has 2 aromatic carbocycles. The Balaban J connectivity index is 1.19. The van der Waals surface area contributed by atoms with Crippen molar-refractivity contribution in [1.82, 2.24) is 14.7 Å². The van der Waals surface area contributed by atoms with Crippen molar-refractivity contribution < 1.29 is 18.8 Å².